The highest BCUT2D eigenvalue weighted by molar-refractivity contribution is 8.14. The first kappa shape index (κ1) is 15.0. The van der Waals surface area contributed by atoms with Crippen LogP contribution in [0.1, 0.15) is 25.6 Å². The molecule has 1 aromatic heterocycles. The second-order valence-electron chi connectivity index (χ2n) is 5.51. The highest BCUT2D eigenvalue weighted by Crippen LogP contribution is 2.34. The van der Waals surface area contributed by atoms with E-state index < -0.39 is 0 Å². The Bertz CT molecular complexity index is 731. The number of amidine groups is 1. The lowest BCUT2D eigenvalue weighted by Gasteiger charge is -2.10. The van der Waals surface area contributed by atoms with E-state index in [0.29, 0.717) is 6.04 Å². The van der Waals surface area contributed by atoms with Crippen molar-refractivity contribution in [3.8, 4) is 11.5 Å². The molecule has 116 valence electrons. The zero-order chi connectivity index (χ0) is 15.7. The third-order valence-corrected chi connectivity index (χ3v) is 4.40. The monoisotopic (exact) mass is 317 g/mol. The normalized spacial score (nSPS) is 17.8. The standard InChI is InChI=1S/C16H19N3O2S/c1-9(2)17-16-19-14(8-22-16)13-7-15(20)11-5-4-10(21-3)6-12(11)18-13/h4-7,9,14H,8H2,1-3H3,(H,17,19)(H,18,20). The van der Waals surface area contributed by atoms with Crippen LogP contribution in [-0.4, -0.2) is 34.2 Å². The average Bonchev–Trinajstić information content (AvgIpc) is 2.94. The number of hydrogen-bond acceptors (Lipinski definition) is 6. The Morgan fingerprint density at radius 3 is 2.91 bits per heavy atom. The fourth-order valence-corrected chi connectivity index (χ4v) is 3.44. The fraction of sp³-hybridized carbons (Fsp3) is 0.375. The summed E-state index contributed by atoms with van der Waals surface area (Å²) in [5, 5.41) is 15.2. The topological polar surface area (TPSA) is 66.7 Å². The minimum atomic E-state index is -0.0345. The summed E-state index contributed by atoms with van der Waals surface area (Å²) in [5.41, 5.74) is 1.51. The van der Waals surface area contributed by atoms with E-state index >= 15 is 0 Å². The highest BCUT2D eigenvalue weighted by atomic mass is 32.2. The van der Waals surface area contributed by atoms with Crippen LogP contribution in [0.25, 0.3) is 10.9 Å². The summed E-state index contributed by atoms with van der Waals surface area (Å²) in [6.07, 6.45) is 0. The van der Waals surface area contributed by atoms with Gasteiger partial charge in [-0.05, 0) is 26.0 Å². The number of rotatable bonds is 3. The minimum absolute atomic E-state index is 0.0345. The van der Waals surface area contributed by atoms with Gasteiger partial charge in [-0.2, -0.15) is 0 Å². The van der Waals surface area contributed by atoms with Crippen molar-refractivity contribution in [2.45, 2.75) is 25.9 Å². The maximum absolute atomic E-state index is 10.2. The maximum Gasteiger partial charge on any atom is 0.157 e. The van der Waals surface area contributed by atoms with Gasteiger partial charge in [0.05, 0.1) is 18.3 Å². The first-order chi connectivity index (χ1) is 10.6. The molecule has 6 heteroatoms. The van der Waals surface area contributed by atoms with E-state index in [1.54, 1.807) is 24.9 Å². The number of aliphatic imine (C=N–C) groups is 1. The lowest BCUT2D eigenvalue weighted by Crippen LogP contribution is -2.26. The molecule has 0 radical (unpaired) electrons. The number of aromatic hydroxyl groups is 1. The zero-order valence-electron chi connectivity index (χ0n) is 12.8. The number of methoxy groups -OCH3 is 1. The molecule has 0 fully saturated rings. The number of ether oxygens (including phenoxy) is 1. The Morgan fingerprint density at radius 1 is 1.36 bits per heavy atom. The Morgan fingerprint density at radius 2 is 2.18 bits per heavy atom. The lowest BCUT2D eigenvalue weighted by atomic mass is 10.1. The van der Waals surface area contributed by atoms with Gasteiger partial charge in [-0.1, -0.05) is 11.8 Å². The molecule has 1 aliphatic heterocycles. The van der Waals surface area contributed by atoms with Gasteiger partial charge in [0.2, 0.25) is 0 Å². The van der Waals surface area contributed by atoms with Crippen LogP contribution in [0, 0.1) is 0 Å². The van der Waals surface area contributed by atoms with E-state index in [9.17, 15) is 5.11 Å². The Balaban J connectivity index is 1.96. The predicted octanol–water partition coefficient (Wildman–Crippen LogP) is 3.09. The van der Waals surface area contributed by atoms with Gasteiger partial charge in [0.15, 0.2) is 5.17 Å². The molecule has 3 rings (SSSR count). The van der Waals surface area contributed by atoms with Crippen LogP contribution in [0.15, 0.2) is 29.3 Å². The van der Waals surface area contributed by atoms with Gasteiger partial charge in [0, 0.05) is 29.3 Å². The summed E-state index contributed by atoms with van der Waals surface area (Å²) >= 11 is 1.69. The van der Waals surface area contributed by atoms with E-state index in [4.69, 9.17) is 4.74 Å². The van der Waals surface area contributed by atoms with Crippen molar-refractivity contribution in [1.82, 2.24) is 10.3 Å². The molecule has 22 heavy (non-hydrogen) atoms. The summed E-state index contributed by atoms with van der Waals surface area (Å²) in [4.78, 5) is 9.30. The largest absolute Gasteiger partial charge is 0.507 e. The van der Waals surface area contributed by atoms with Gasteiger partial charge >= 0.3 is 0 Å². The van der Waals surface area contributed by atoms with E-state index in [1.807, 2.05) is 18.2 Å². The van der Waals surface area contributed by atoms with Crippen LogP contribution in [-0.2, 0) is 0 Å². The van der Waals surface area contributed by atoms with Crippen molar-refractivity contribution in [3.63, 3.8) is 0 Å². The molecule has 0 saturated carbocycles. The van der Waals surface area contributed by atoms with E-state index in [-0.39, 0.29) is 11.8 Å². The molecule has 1 aliphatic rings. The lowest BCUT2D eigenvalue weighted by molar-refractivity contribution is 0.415. The average molecular weight is 317 g/mol. The van der Waals surface area contributed by atoms with Crippen LogP contribution in [0.3, 0.4) is 0 Å². The summed E-state index contributed by atoms with van der Waals surface area (Å²) in [6, 6.07) is 7.50. The van der Waals surface area contributed by atoms with Crippen LogP contribution >= 0.6 is 11.8 Å². The van der Waals surface area contributed by atoms with Crippen LogP contribution < -0.4 is 10.1 Å². The van der Waals surface area contributed by atoms with E-state index in [2.05, 4.69) is 29.1 Å². The van der Waals surface area contributed by atoms with Gasteiger partial charge in [0.1, 0.15) is 17.5 Å². The molecule has 0 saturated heterocycles. The number of fused-ring (bicyclic) bond motifs is 1. The van der Waals surface area contributed by atoms with Gasteiger partial charge in [-0.25, -0.2) is 0 Å². The quantitative estimate of drug-likeness (QED) is 0.910. The third-order valence-electron chi connectivity index (χ3n) is 3.42. The van der Waals surface area contributed by atoms with Crippen molar-refractivity contribution < 1.29 is 9.84 Å². The molecule has 0 bridgehead atoms. The Hall–Kier alpha value is -1.95. The third kappa shape index (κ3) is 2.97. The second kappa shape index (κ2) is 6.04. The molecule has 1 aromatic carbocycles. The minimum Gasteiger partial charge on any atom is -0.507 e. The summed E-state index contributed by atoms with van der Waals surface area (Å²) in [5.74, 6) is 1.79. The molecule has 2 aromatic rings. The first-order valence-corrected chi connectivity index (χ1v) is 8.20. The van der Waals surface area contributed by atoms with Gasteiger partial charge < -0.3 is 15.2 Å². The first-order valence-electron chi connectivity index (χ1n) is 7.21. The fourth-order valence-electron chi connectivity index (χ4n) is 2.36. The smallest absolute Gasteiger partial charge is 0.157 e. The van der Waals surface area contributed by atoms with Crippen molar-refractivity contribution >= 4 is 27.8 Å². The number of aromatic nitrogens is 1. The molecule has 2 N–H and O–H groups in total. The number of hydrogen-bond donors (Lipinski definition) is 2. The SMILES string of the molecule is COc1ccc2c(O)cc(C3CSC(NC(C)C)=N3)nc2c1. The molecule has 0 spiro atoms. The van der Waals surface area contributed by atoms with Crippen LogP contribution in [0.5, 0.6) is 11.5 Å². The number of thioether (sulfide) groups is 1. The predicted molar refractivity (Wildman–Crippen MR) is 90.9 cm³/mol. The molecule has 2 heterocycles. The Kier molecular flexibility index (Phi) is 4.11. The number of nitrogens with one attached hydrogen (secondary N) is 1. The molecule has 1 unspecified atom stereocenters. The summed E-state index contributed by atoms with van der Waals surface area (Å²) in [6.45, 7) is 4.17. The van der Waals surface area contributed by atoms with E-state index in [0.717, 1.165) is 33.3 Å². The number of benzene rings is 1. The zero-order valence-corrected chi connectivity index (χ0v) is 13.6. The number of pyridine rings is 1. The van der Waals surface area contributed by atoms with Crippen molar-refractivity contribution in [2.24, 2.45) is 4.99 Å². The second-order valence-corrected chi connectivity index (χ2v) is 6.52. The highest BCUT2D eigenvalue weighted by Gasteiger charge is 2.22. The van der Waals surface area contributed by atoms with Gasteiger partial charge in [-0.3, -0.25) is 9.98 Å². The summed E-state index contributed by atoms with van der Waals surface area (Å²) < 4.78 is 5.23. The number of nitrogens with zero attached hydrogens (tertiary/aromatic N) is 2. The van der Waals surface area contributed by atoms with Crippen molar-refractivity contribution in [1.29, 1.82) is 0 Å². The van der Waals surface area contributed by atoms with Crippen LogP contribution in [0.2, 0.25) is 0 Å². The van der Waals surface area contributed by atoms with Crippen molar-refractivity contribution in [3.05, 3.63) is 30.0 Å². The van der Waals surface area contributed by atoms with Gasteiger partial charge in [0.25, 0.3) is 0 Å². The van der Waals surface area contributed by atoms with E-state index in [1.165, 1.54) is 0 Å². The molecular formula is C16H19N3O2S. The molecule has 0 amide bonds. The molecule has 5 nitrogen and oxygen atoms in total. The maximum atomic E-state index is 10.2. The summed E-state index contributed by atoms with van der Waals surface area (Å²) in [7, 11) is 1.62. The molecule has 1 atom stereocenters. The van der Waals surface area contributed by atoms with Crippen LogP contribution in [0.4, 0.5) is 0 Å². The molecular weight excluding hydrogens is 298 g/mol. The Labute approximate surface area is 133 Å². The van der Waals surface area contributed by atoms with Crippen molar-refractivity contribution in [2.75, 3.05) is 12.9 Å². The molecule has 0 aliphatic carbocycles. The van der Waals surface area contributed by atoms with Gasteiger partial charge in [-0.15, -0.1) is 0 Å².